The second-order valence-corrected chi connectivity index (χ2v) is 12.8. The average Bonchev–Trinajstić information content (AvgIpc) is 3.53. The van der Waals surface area contributed by atoms with Crippen LogP contribution in [0.4, 0.5) is 0 Å². The summed E-state index contributed by atoms with van der Waals surface area (Å²) >= 11 is 1.27. The van der Waals surface area contributed by atoms with Crippen molar-refractivity contribution in [2.24, 2.45) is 4.99 Å². The molecule has 3 aromatic carbocycles. The smallest absolute Gasteiger partial charge is 0.338 e. The standard InChI is InChI=1S/C38H35N3O5S/c1-6-46-37(45)32-33(26-11-8-7-9-12-26)39-38-41(34(32)27-17-15-25(16-18-27)22(2)3)35(42)31(47-38)21-29-19-23(4)40(24(29)5)30-14-10-13-28(20-30)36(43)44/h7-22,34H,6H2,1-5H3,(H,43,44)/b31-21-/t34-/m0/s1. The summed E-state index contributed by atoms with van der Waals surface area (Å²) < 4.78 is 9.63. The Morgan fingerprint density at radius 3 is 2.38 bits per heavy atom. The Balaban J connectivity index is 1.58. The molecular weight excluding hydrogens is 611 g/mol. The van der Waals surface area contributed by atoms with Gasteiger partial charge >= 0.3 is 11.9 Å². The zero-order valence-corrected chi connectivity index (χ0v) is 27.7. The summed E-state index contributed by atoms with van der Waals surface area (Å²) in [5.41, 5.74) is 6.69. The van der Waals surface area contributed by atoms with Gasteiger partial charge in [-0.2, -0.15) is 0 Å². The number of aromatic nitrogens is 2. The molecule has 47 heavy (non-hydrogen) atoms. The number of aromatic carboxylic acids is 1. The number of nitrogens with zero attached hydrogens (tertiary/aromatic N) is 3. The van der Waals surface area contributed by atoms with E-state index in [1.165, 1.54) is 11.3 Å². The van der Waals surface area contributed by atoms with Gasteiger partial charge in [0.15, 0.2) is 4.80 Å². The maximum Gasteiger partial charge on any atom is 0.338 e. The highest BCUT2D eigenvalue weighted by atomic mass is 32.1. The van der Waals surface area contributed by atoms with Gasteiger partial charge in [-0.25, -0.2) is 14.6 Å². The van der Waals surface area contributed by atoms with Crippen LogP contribution in [0.25, 0.3) is 17.5 Å². The number of thiazole rings is 1. The van der Waals surface area contributed by atoms with Gasteiger partial charge in [0.1, 0.15) is 0 Å². The van der Waals surface area contributed by atoms with Crippen LogP contribution >= 0.6 is 11.3 Å². The summed E-state index contributed by atoms with van der Waals surface area (Å²) in [5.74, 6) is -1.20. The summed E-state index contributed by atoms with van der Waals surface area (Å²) in [6, 6.07) is 25.5. The zero-order valence-electron chi connectivity index (χ0n) is 26.9. The molecule has 238 valence electrons. The van der Waals surface area contributed by atoms with Crippen LogP contribution in [-0.2, 0) is 9.53 Å². The van der Waals surface area contributed by atoms with Crippen molar-refractivity contribution in [2.75, 3.05) is 6.61 Å². The molecule has 1 atom stereocenters. The Morgan fingerprint density at radius 2 is 1.72 bits per heavy atom. The van der Waals surface area contributed by atoms with Crippen molar-refractivity contribution in [2.45, 2.75) is 46.6 Å². The summed E-state index contributed by atoms with van der Waals surface area (Å²) in [6.07, 6.45) is 1.85. The summed E-state index contributed by atoms with van der Waals surface area (Å²) in [4.78, 5) is 45.2. The van der Waals surface area contributed by atoms with Crippen LogP contribution in [0.15, 0.2) is 100 Å². The van der Waals surface area contributed by atoms with E-state index >= 15 is 0 Å². The van der Waals surface area contributed by atoms with Gasteiger partial charge in [0.05, 0.1) is 34.0 Å². The molecule has 1 aliphatic heterocycles. The first kappa shape index (κ1) is 31.7. The van der Waals surface area contributed by atoms with Gasteiger partial charge in [0.2, 0.25) is 0 Å². The number of hydrogen-bond acceptors (Lipinski definition) is 6. The highest BCUT2D eigenvalue weighted by Gasteiger charge is 2.35. The molecule has 9 heteroatoms. The van der Waals surface area contributed by atoms with E-state index in [9.17, 15) is 19.5 Å². The topological polar surface area (TPSA) is 103 Å². The lowest BCUT2D eigenvalue weighted by atomic mass is 9.91. The molecule has 1 N–H and O–H groups in total. The third kappa shape index (κ3) is 5.90. The quantitative estimate of drug-likeness (QED) is 0.204. The molecular formula is C38H35N3O5S. The monoisotopic (exact) mass is 645 g/mol. The molecule has 0 aliphatic carbocycles. The molecule has 0 saturated heterocycles. The molecule has 0 saturated carbocycles. The Kier molecular flexibility index (Phi) is 8.66. The second kappa shape index (κ2) is 12.8. The molecule has 3 heterocycles. The molecule has 5 aromatic rings. The first-order valence-corrected chi connectivity index (χ1v) is 16.3. The van der Waals surface area contributed by atoms with Crippen molar-refractivity contribution < 1.29 is 19.4 Å². The van der Waals surface area contributed by atoms with Crippen molar-refractivity contribution >= 4 is 35.0 Å². The number of carbonyl (C=O) groups excluding carboxylic acids is 1. The lowest BCUT2D eigenvalue weighted by Gasteiger charge is -2.26. The Morgan fingerprint density at radius 1 is 1.00 bits per heavy atom. The maximum absolute atomic E-state index is 14.4. The van der Waals surface area contributed by atoms with Gasteiger partial charge in [-0.15, -0.1) is 0 Å². The predicted octanol–water partition coefficient (Wildman–Crippen LogP) is 6.16. The Hall–Kier alpha value is -5.28. The van der Waals surface area contributed by atoms with E-state index in [2.05, 4.69) is 13.8 Å². The number of ether oxygens (including phenoxy) is 1. The van der Waals surface area contributed by atoms with E-state index in [4.69, 9.17) is 9.73 Å². The number of rotatable bonds is 8. The van der Waals surface area contributed by atoms with E-state index in [1.807, 2.05) is 91.2 Å². The minimum Gasteiger partial charge on any atom is -0.478 e. The third-order valence-corrected chi connectivity index (χ3v) is 9.38. The van der Waals surface area contributed by atoms with Gasteiger partial charge in [0.25, 0.3) is 5.56 Å². The second-order valence-electron chi connectivity index (χ2n) is 11.8. The largest absolute Gasteiger partial charge is 0.478 e. The summed E-state index contributed by atoms with van der Waals surface area (Å²) in [7, 11) is 0. The van der Waals surface area contributed by atoms with Crippen LogP contribution in [0.2, 0.25) is 0 Å². The zero-order chi connectivity index (χ0) is 33.4. The Labute approximate surface area is 276 Å². The number of fused-ring (bicyclic) bond motifs is 1. The fourth-order valence-corrected chi connectivity index (χ4v) is 7.06. The molecule has 8 nitrogen and oxygen atoms in total. The van der Waals surface area contributed by atoms with Gasteiger partial charge in [-0.1, -0.05) is 85.8 Å². The molecule has 0 fully saturated rings. The van der Waals surface area contributed by atoms with Crippen molar-refractivity contribution in [3.8, 4) is 5.69 Å². The predicted molar refractivity (Wildman–Crippen MR) is 184 cm³/mol. The first-order chi connectivity index (χ1) is 22.6. The minimum absolute atomic E-state index is 0.179. The van der Waals surface area contributed by atoms with Crippen molar-refractivity contribution in [3.05, 3.63) is 149 Å². The third-order valence-electron chi connectivity index (χ3n) is 8.40. The van der Waals surface area contributed by atoms with E-state index in [1.54, 1.807) is 29.7 Å². The molecule has 0 spiro atoms. The Bertz CT molecular complexity index is 2220. The summed E-state index contributed by atoms with van der Waals surface area (Å²) in [6.45, 7) is 10.1. The molecule has 0 bridgehead atoms. The van der Waals surface area contributed by atoms with Crippen LogP contribution in [0.3, 0.4) is 0 Å². The van der Waals surface area contributed by atoms with Crippen LogP contribution < -0.4 is 14.9 Å². The molecule has 0 unspecified atom stereocenters. The van der Waals surface area contributed by atoms with Crippen LogP contribution in [0.5, 0.6) is 0 Å². The fraction of sp³-hybridized carbons (Fsp3) is 0.211. The SMILES string of the molecule is CCOC(=O)C1=C(c2ccccc2)N=c2s/c(=C\c3cc(C)n(-c4cccc(C(=O)O)c4)c3C)c(=O)n2[C@H]1c1ccc(C(C)C)cc1. The number of aryl methyl sites for hydroxylation is 1. The molecule has 1 aliphatic rings. The van der Waals surface area contributed by atoms with Crippen LogP contribution in [0, 0.1) is 13.8 Å². The van der Waals surface area contributed by atoms with E-state index in [0.29, 0.717) is 26.5 Å². The van der Waals surface area contributed by atoms with Crippen molar-refractivity contribution in [1.82, 2.24) is 9.13 Å². The normalized spacial score (nSPS) is 14.7. The molecule has 0 amide bonds. The highest BCUT2D eigenvalue weighted by molar-refractivity contribution is 7.07. The number of hydrogen-bond donors (Lipinski definition) is 1. The number of carboxylic acid groups (broad SMARTS) is 1. The van der Waals surface area contributed by atoms with Gasteiger partial charge in [-0.3, -0.25) is 9.36 Å². The number of esters is 1. The van der Waals surface area contributed by atoms with Crippen molar-refractivity contribution in [3.63, 3.8) is 0 Å². The maximum atomic E-state index is 14.4. The number of benzene rings is 3. The fourth-order valence-electron chi connectivity index (χ4n) is 6.07. The molecule has 2 aromatic heterocycles. The van der Waals surface area contributed by atoms with Crippen LogP contribution in [-0.4, -0.2) is 32.8 Å². The molecule has 6 rings (SSSR count). The highest BCUT2D eigenvalue weighted by Crippen LogP contribution is 2.35. The van der Waals surface area contributed by atoms with Gasteiger partial charge in [-0.05, 0) is 73.7 Å². The minimum atomic E-state index is -0.999. The lowest BCUT2D eigenvalue weighted by Crippen LogP contribution is -2.40. The summed E-state index contributed by atoms with van der Waals surface area (Å²) in [5, 5.41) is 9.53. The number of carbonyl (C=O) groups is 2. The van der Waals surface area contributed by atoms with E-state index < -0.39 is 18.0 Å². The number of carboxylic acids is 1. The van der Waals surface area contributed by atoms with E-state index in [0.717, 1.165) is 39.3 Å². The van der Waals surface area contributed by atoms with Gasteiger partial charge in [0, 0.05) is 22.6 Å². The lowest BCUT2D eigenvalue weighted by molar-refractivity contribution is -0.138. The van der Waals surface area contributed by atoms with Gasteiger partial charge < -0.3 is 14.4 Å². The first-order valence-electron chi connectivity index (χ1n) is 15.5. The van der Waals surface area contributed by atoms with Crippen LogP contribution in [0.1, 0.15) is 76.7 Å². The van der Waals surface area contributed by atoms with Crippen molar-refractivity contribution in [1.29, 1.82) is 0 Å². The molecule has 0 radical (unpaired) electrons. The average molecular weight is 646 g/mol. The van der Waals surface area contributed by atoms with E-state index in [-0.39, 0.29) is 17.7 Å².